The van der Waals surface area contributed by atoms with Gasteiger partial charge in [-0.25, -0.2) is 10.4 Å². The third kappa shape index (κ3) is 3.89. The van der Waals surface area contributed by atoms with Crippen LogP contribution in [0.2, 0.25) is 0 Å². The summed E-state index contributed by atoms with van der Waals surface area (Å²) in [4.78, 5) is 2.89. The number of fused-ring (bicyclic) bond motifs is 7. The second kappa shape index (κ2) is 9.07. The van der Waals surface area contributed by atoms with Crippen LogP contribution in [-0.4, -0.2) is 75.2 Å². The summed E-state index contributed by atoms with van der Waals surface area (Å²) in [6.45, 7) is 7.10. The Morgan fingerprint density at radius 1 is 1.05 bits per heavy atom. The quantitative estimate of drug-likeness (QED) is 0.255. The van der Waals surface area contributed by atoms with Crippen molar-refractivity contribution in [1.82, 2.24) is 26.0 Å². The molecule has 5 aliphatic carbocycles. The predicted molar refractivity (Wildman–Crippen MR) is 157 cm³/mol. The molecule has 9 aliphatic rings. The lowest BCUT2D eigenvalue weighted by Gasteiger charge is -2.42. The molecule has 9 rings (SSSR count). The van der Waals surface area contributed by atoms with E-state index in [0.29, 0.717) is 46.9 Å². The molecule has 8 heteroatoms. The molecule has 5 saturated carbocycles. The minimum Gasteiger partial charge on any atom is -0.348 e. The van der Waals surface area contributed by atoms with E-state index >= 15 is 0 Å². The number of nitrogens with zero attached hydrogens (tertiary/aromatic N) is 2. The molecule has 0 aromatic rings. The molecule has 216 valence electrons. The van der Waals surface area contributed by atoms with Crippen LogP contribution < -0.4 is 16.1 Å². The van der Waals surface area contributed by atoms with Crippen molar-refractivity contribution >= 4 is 23.4 Å². The lowest BCUT2D eigenvalue weighted by atomic mass is 9.73. The average molecular weight is 574 g/mol. The molecular weight excluding hydrogens is 526 g/mol. The first-order valence-electron chi connectivity index (χ1n) is 16.4. The summed E-state index contributed by atoms with van der Waals surface area (Å²) in [5, 5.41) is 12.3. The van der Waals surface area contributed by atoms with E-state index < -0.39 is 0 Å². The van der Waals surface area contributed by atoms with Crippen LogP contribution in [-0.2, 0) is 4.74 Å². The van der Waals surface area contributed by atoms with Gasteiger partial charge in [-0.15, -0.1) is 23.4 Å². The number of rotatable bonds is 5. The molecule has 4 saturated heterocycles. The molecule has 4 aliphatic heterocycles. The first-order chi connectivity index (χ1) is 18.9. The molecule has 4 heterocycles. The number of alkyl halides is 1. The van der Waals surface area contributed by atoms with Crippen molar-refractivity contribution in [2.24, 2.45) is 35.5 Å². The monoisotopic (exact) mass is 573 g/mol. The second-order valence-electron chi connectivity index (χ2n) is 15.0. The molecule has 0 aromatic heterocycles. The van der Waals surface area contributed by atoms with Crippen molar-refractivity contribution in [2.45, 2.75) is 136 Å². The van der Waals surface area contributed by atoms with Gasteiger partial charge < -0.3 is 10.1 Å². The van der Waals surface area contributed by atoms with Crippen LogP contribution in [0.5, 0.6) is 0 Å². The lowest BCUT2D eigenvalue weighted by Crippen LogP contribution is -2.57. The van der Waals surface area contributed by atoms with Crippen molar-refractivity contribution in [2.75, 3.05) is 7.05 Å². The van der Waals surface area contributed by atoms with E-state index in [0.717, 1.165) is 29.0 Å². The van der Waals surface area contributed by atoms with Crippen LogP contribution in [0.3, 0.4) is 0 Å². The first-order valence-corrected chi connectivity index (χ1v) is 17.8. The fourth-order valence-corrected chi connectivity index (χ4v) is 13.2. The molecule has 0 amide bonds. The predicted octanol–water partition coefficient (Wildman–Crippen LogP) is 4.47. The summed E-state index contributed by atoms with van der Waals surface area (Å²) >= 11 is 9.52. The summed E-state index contributed by atoms with van der Waals surface area (Å²) in [6, 6.07) is 1.26. The molecule has 0 bridgehead atoms. The Bertz CT molecular complexity index is 1020. The molecule has 15 atom stereocenters. The Balaban J connectivity index is 0.962. The summed E-state index contributed by atoms with van der Waals surface area (Å²) in [7, 11) is 2.24. The summed E-state index contributed by atoms with van der Waals surface area (Å²) in [6.07, 6.45) is 15.9. The third-order valence-corrected chi connectivity index (χ3v) is 15.4. The number of hydrazine groups is 1. The smallest absolute Gasteiger partial charge is 0.139 e. The van der Waals surface area contributed by atoms with Crippen LogP contribution >= 0.6 is 23.4 Å². The zero-order valence-electron chi connectivity index (χ0n) is 23.7. The molecule has 0 aromatic carbocycles. The summed E-state index contributed by atoms with van der Waals surface area (Å²) < 4.78 is 6.24. The normalized spacial score (nSPS) is 57.1. The number of hydrogen-bond acceptors (Lipinski definition) is 7. The van der Waals surface area contributed by atoms with Crippen molar-refractivity contribution in [3.8, 4) is 0 Å². The molecule has 1 spiro atoms. The van der Waals surface area contributed by atoms with Crippen LogP contribution in [0, 0.1) is 35.5 Å². The standard InChI is InChI=1S/C31H48ClN5OS/c1-15(27-28(38-27)33-25-18-8-6-9-19(18)25)17-13-21-23(14-17)39-29-24(21)26(20-7-4-5-10-22(20)32)34-31(11-12-31)30-35-36(3)16(2)37(29)30/h16-30,33-35H,1,4-14H2,2-3H3/t16?,17-,18-,19+,20?,21?,22?,23?,24?,25?,26?,27?,28?,29?,30?/m0/s1. The minimum absolute atomic E-state index is 0.210. The molecule has 3 N–H and O–H groups in total. The van der Waals surface area contributed by atoms with E-state index in [1.807, 2.05) is 0 Å². The van der Waals surface area contributed by atoms with Gasteiger partial charge in [0.25, 0.3) is 0 Å². The Hall–Kier alpha value is 0.140. The van der Waals surface area contributed by atoms with Gasteiger partial charge in [-0.3, -0.25) is 10.2 Å². The summed E-state index contributed by atoms with van der Waals surface area (Å²) in [5.41, 5.74) is 5.52. The van der Waals surface area contributed by atoms with E-state index in [9.17, 15) is 0 Å². The number of ether oxygens (including phenoxy) is 1. The highest BCUT2D eigenvalue weighted by Gasteiger charge is 2.67. The van der Waals surface area contributed by atoms with Gasteiger partial charge in [0, 0.05) is 41.2 Å². The minimum atomic E-state index is 0.210. The van der Waals surface area contributed by atoms with Gasteiger partial charge >= 0.3 is 0 Å². The number of nitrogens with one attached hydrogen (secondary N) is 3. The van der Waals surface area contributed by atoms with E-state index in [1.165, 1.54) is 76.2 Å². The third-order valence-electron chi connectivity index (χ3n) is 13.1. The molecule has 0 radical (unpaired) electrons. The molecule has 39 heavy (non-hydrogen) atoms. The van der Waals surface area contributed by atoms with Crippen molar-refractivity contribution in [3.63, 3.8) is 0 Å². The second-order valence-corrected chi connectivity index (χ2v) is 16.9. The highest BCUT2D eigenvalue weighted by atomic mass is 35.5. The van der Waals surface area contributed by atoms with Crippen molar-refractivity contribution < 1.29 is 4.74 Å². The largest absolute Gasteiger partial charge is 0.348 e. The van der Waals surface area contributed by atoms with Gasteiger partial charge in [-0.05, 0) is 93.5 Å². The Kier molecular flexibility index (Phi) is 5.96. The zero-order chi connectivity index (χ0) is 26.2. The van der Waals surface area contributed by atoms with E-state index in [-0.39, 0.29) is 17.9 Å². The number of hydrogen-bond donors (Lipinski definition) is 3. The molecular formula is C31H48ClN5OS. The van der Waals surface area contributed by atoms with Gasteiger partial charge in [-0.2, -0.15) is 0 Å². The van der Waals surface area contributed by atoms with Gasteiger partial charge in [0.1, 0.15) is 12.3 Å². The van der Waals surface area contributed by atoms with Gasteiger partial charge in [0.2, 0.25) is 0 Å². The molecule has 12 unspecified atom stereocenters. The van der Waals surface area contributed by atoms with Crippen LogP contribution in [0.15, 0.2) is 12.2 Å². The van der Waals surface area contributed by atoms with E-state index in [2.05, 4.69) is 58.3 Å². The lowest BCUT2D eigenvalue weighted by molar-refractivity contribution is 0.0907. The fourth-order valence-electron chi connectivity index (χ4n) is 10.6. The average Bonchev–Trinajstić information content (AvgIpc) is 3.84. The number of epoxide rings is 1. The highest BCUT2D eigenvalue weighted by molar-refractivity contribution is 8.00. The highest BCUT2D eigenvalue weighted by Crippen LogP contribution is 2.62. The Morgan fingerprint density at radius 3 is 2.59 bits per heavy atom. The van der Waals surface area contributed by atoms with E-state index in [1.54, 1.807) is 0 Å². The van der Waals surface area contributed by atoms with Crippen molar-refractivity contribution in [3.05, 3.63) is 12.2 Å². The SMILES string of the molecule is C=C(C1OC1NC1[C@H]2CCC[C@@H]12)[C@@H]1CC2SC3C(C2C1)C(C1CCCCC1Cl)NC1(CC1)C1NN(C)C(C)N31. The van der Waals surface area contributed by atoms with Crippen molar-refractivity contribution in [1.29, 1.82) is 0 Å². The maximum atomic E-state index is 7.19. The van der Waals surface area contributed by atoms with Gasteiger partial charge in [0.05, 0.1) is 17.7 Å². The maximum absolute atomic E-state index is 7.19. The Labute approximate surface area is 244 Å². The van der Waals surface area contributed by atoms with Gasteiger partial charge in [0.15, 0.2) is 0 Å². The number of thioether (sulfide) groups is 1. The van der Waals surface area contributed by atoms with Crippen LogP contribution in [0.1, 0.15) is 77.6 Å². The van der Waals surface area contributed by atoms with E-state index in [4.69, 9.17) is 16.3 Å². The zero-order valence-corrected chi connectivity index (χ0v) is 25.3. The topological polar surface area (TPSA) is 55.1 Å². The molecule has 6 nitrogen and oxygen atoms in total. The first kappa shape index (κ1) is 25.6. The van der Waals surface area contributed by atoms with Gasteiger partial charge in [-0.1, -0.05) is 25.8 Å². The molecule has 9 fully saturated rings. The Morgan fingerprint density at radius 2 is 1.82 bits per heavy atom. The van der Waals surface area contributed by atoms with Crippen LogP contribution in [0.4, 0.5) is 0 Å². The summed E-state index contributed by atoms with van der Waals surface area (Å²) in [5.74, 6) is 4.47. The maximum Gasteiger partial charge on any atom is 0.139 e. The van der Waals surface area contributed by atoms with Crippen LogP contribution in [0.25, 0.3) is 0 Å². The fraction of sp³-hybridized carbons (Fsp3) is 0.935. The number of halogens is 1.